The molecule has 0 saturated carbocycles. The SMILES string of the molecule is C.CC.C[C@@H]1O[C@H](CO)[C@@H](O)[C@H](O)[C@H]1O. The predicted octanol–water partition coefficient (Wildman–Crippen LogP) is -0.489. The van der Waals surface area contributed by atoms with Crippen LogP contribution in [0.25, 0.3) is 0 Å². The van der Waals surface area contributed by atoms with E-state index < -0.39 is 30.5 Å². The molecule has 4 N–H and O–H groups in total. The van der Waals surface area contributed by atoms with Crippen LogP contribution in [0.4, 0.5) is 0 Å². The molecule has 0 unspecified atom stereocenters. The third-order valence-electron chi connectivity index (χ3n) is 2.13. The highest BCUT2D eigenvalue weighted by molar-refractivity contribution is 4.89. The van der Waals surface area contributed by atoms with Crippen LogP contribution >= 0.6 is 0 Å². The molecule has 5 heteroatoms. The highest BCUT2D eigenvalue weighted by Crippen LogP contribution is 2.20. The average Bonchev–Trinajstić information content (AvgIpc) is 2.23. The van der Waals surface area contributed by atoms with E-state index >= 15 is 0 Å². The Labute approximate surface area is 91.3 Å². The Morgan fingerprint density at radius 1 is 1.00 bits per heavy atom. The summed E-state index contributed by atoms with van der Waals surface area (Å²) in [5.41, 5.74) is 0. The second-order valence-electron chi connectivity index (χ2n) is 3.03. The Morgan fingerprint density at radius 2 is 1.47 bits per heavy atom. The van der Waals surface area contributed by atoms with Gasteiger partial charge in [0.1, 0.15) is 24.4 Å². The van der Waals surface area contributed by atoms with Crippen molar-refractivity contribution >= 4 is 0 Å². The second-order valence-corrected chi connectivity index (χ2v) is 3.03. The largest absolute Gasteiger partial charge is 0.394 e. The lowest BCUT2D eigenvalue weighted by Gasteiger charge is -2.38. The summed E-state index contributed by atoms with van der Waals surface area (Å²) in [5.74, 6) is 0. The zero-order valence-corrected chi connectivity index (χ0v) is 8.79. The van der Waals surface area contributed by atoms with Crippen LogP contribution in [0.1, 0.15) is 28.2 Å². The summed E-state index contributed by atoms with van der Waals surface area (Å²) < 4.78 is 5.02. The van der Waals surface area contributed by atoms with E-state index in [1.807, 2.05) is 13.8 Å². The maximum absolute atomic E-state index is 9.23. The molecule has 0 amide bonds. The summed E-state index contributed by atoms with van der Waals surface area (Å²) in [6.07, 6.45) is -4.94. The van der Waals surface area contributed by atoms with Crippen molar-refractivity contribution in [2.24, 2.45) is 0 Å². The molecule has 15 heavy (non-hydrogen) atoms. The van der Waals surface area contributed by atoms with Crippen molar-refractivity contribution in [1.82, 2.24) is 0 Å². The number of rotatable bonds is 1. The maximum Gasteiger partial charge on any atom is 0.111 e. The molecule has 1 aliphatic rings. The fourth-order valence-electron chi connectivity index (χ4n) is 1.29. The molecule has 0 aromatic rings. The van der Waals surface area contributed by atoms with Gasteiger partial charge in [0, 0.05) is 0 Å². The Balaban J connectivity index is 0. The first-order chi connectivity index (χ1) is 6.57. The van der Waals surface area contributed by atoms with E-state index in [2.05, 4.69) is 0 Å². The van der Waals surface area contributed by atoms with E-state index in [-0.39, 0.29) is 14.0 Å². The minimum Gasteiger partial charge on any atom is -0.394 e. The van der Waals surface area contributed by atoms with Gasteiger partial charge in [-0.15, -0.1) is 0 Å². The molecular weight excluding hydrogens is 200 g/mol. The van der Waals surface area contributed by atoms with Crippen LogP contribution < -0.4 is 0 Å². The quantitative estimate of drug-likeness (QED) is 0.482. The molecule has 0 bridgehead atoms. The van der Waals surface area contributed by atoms with E-state index in [9.17, 15) is 15.3 Å². The van der Waals surface area contributed by atoms with Crippen LogP contribution in [0, 0.1) is 0 Å². The van der Waals surface area contributed by atoms with Gasteiger partial charge in [-0.25, -0.2) is 0 Å². The minimum absolute atomic E-state index is 0. The van der Waals surface area contributed by atoms with Gasteiger partial charge in [0.05, 0.1) is 12.7 Å². The van der Waals surface area contributed by atoms with Crippen molar-refractivity contribution in [3.63, 3.8) is 0 Å². The molecule has 0 aromatic carbocycles. The Hall–Kier alpha value is -0.200. The second kappa shape index (κ2) is 8.01. The highest BCUT2D eigenvalue weighted by atomic mass is 16.5. The smallest absolute Gasteiger partial charge is 0.111 e. The molecule has 1 aliphatic heterocycles. The molecule has 1 heterocycles. The Kier molecular flexibility index (Phi) is 9.19. The number of aliphatic hydroxyl groups excluding tert-OH is 4. The zero-order valence-electron chi connectivity index (χ0n) is 8.79. The zero-order chi connectivity index (χ0) is 11.3. The predicted molar refractivity (Wildman–Crippen MR) is 57.5 cm³/mol. The number of hydrogen-bond acceptors (Lipinski definition) is 5. The highest BCUT2D eigenvalue weighted by Gasteiger charge is 2.41. The van der Waals surface area contributed by atoms with Gasteiger partial charge < -0.3 is 25.2 Å². The summed E-state index contributed by atoms with van der Waals surface area (Å²) in [6, 6.07) is 0. The van der Waals surface area contributed by atoms with E-state index in [1.165, 1.54) is 0 Å². The van der Waals surface area contributed by atoms with Crippen LogP contribution in [0.15, 0.2) is 0 Å². The normalized spacial score (nSPS) is 39.8. The third kappa shape index (κ3) is 4.04. The van der Waals surface area contributed by atoms with Crippen LogP contribution in [-0.4, -0.2) is 57.6 Å². The van der Waals surface area contributed by atoms with Gasteiger partial charge >= 0.3 is 0 Å². The van der Waals surface area contributed by atoms with Gasteiger partial charge in [-0.3, -0.25) is 0 Å². The topological polar surface area (TPSA) is 90.2 Å². The third-order valence-corrected chi connectivity index (χ3v) is 2.13. The molecule has 1 rings (SSSR count). The number of ether oxygens (including phenoxy) is 1. The molecular formula is C10H24O5. The summed E-state index contributed by atoms with van der Waals surface area (Å²) in [7, 11) is 0. The first-order valence-electron chi connectivity index (χ1n) is 4.88. The summed E-state index contributed by atoms with van der Waals surface area (Å²) in [4.78, 5) is 0. The molecule has 0 spiro atoms. The van der Waals surface area contributed by atoms with E-state index in [1.54, 1.807) is 6.92 Å². The van der Waals surface area contributed by atoms with Crippen molar-refractivity contribution < 1.29 is 25.2 Å². The van der Waals surface area contributed by atoms with Crippen molar-refractivity contribution in [1.29, 1.82) is 0 Å². The summed E-state index contributed by atoms with van der Waals surface area (Å²) >= 11 is 0. The molecule has 1 saturated heterocycles. The molecule has 1 fully saturated rings. The van der Waals surface area contributed by atoms with Gasteiger partial charge in [0.2, 0.25) is 0 Å². The fraction of sp³-hybridized carbons (Fsp3) is 1.00. The first kappa shape index (κ1) is 17.2. The van der Waals surface area contributed by atoms with Crippen LogP contribution in [0.2, 0.25) is 0 Å². The van der Waals surface area contributed by atoms with Gasteiger partial charge in [-0.2, -0.15) is 0 Å². The van der Waals surface area contributed by atoms with Gasteiger partial charge in [0.25, 0.3) is 0 Å². The Morgan fingerprint density at radius 3 is 1.87 bits per heavy atom. The lowest BCUT2D eigenvalue weighted by atomic mass is 9.96. The lowest BCUT2D eigenvalue weighted by molar-refractivity contribution is -0.224. The number of hydrogen-bond donors (Lipinski definition) is 4. The standard InChI is InChI=1S/C7H14O5.C2H6.CH4/c1-3-5(9)7(11)6(10)4(2-8)12-3;1-2;/h3-11H,2H2,1H3;1-2H3;1H4/t3-,4+,5-,6+,7+;;/m0../s1. The van der Waals surface area contributed by atoms with Gasteiger partial charge in [-0.05, 0) is 6.92 Å². The molecule has 0 aromatic heterocycles. The maximum atomic E-state index is 9.23. The molecule has 5 atom stereocenters. The monoisotopic (exact) mass is 224 g/mol. The van der Waals surface area contributed by atoms with Crippen molar-refractivity contribution in [3.05, 3.63) is 0 Å². The van der Waals surface area contributed by atoms with Crippen molar-refractivity contribution in [2.75, 3.05) is 6.61 Å². The van der Waals surface area contributed by atoms with E-state index in [0.717, 1.165) is 0 Å². The Bertz CT molecular complexity index is 148. The summed E-state index contributed by atoms with van der Waals surface area (Å²) in [5, 5.41) is 36.4. The average molecular weight is 224 g/mol. The lowest BCUT2D eigenvalue weighted by Crippen LogP contribution is -2.57. The molecule has 0 radical (unpaired) electrons. The van der Waals surface area contributed by atoms with Crippen molar-refractivity contribution in [2.45, 2.75) is 58.7 Å². The number of aliphatic hydroxyl groups is 4. The van der Waals surface area contributed by atoms with E-state index in [0.29, 0.717) is 0 Å². The van der Waals surface area contributed by atoms with Gasteiger partial charge in [0.15, 0.2) is 0 Å². The molecule has 5 nitrogen and oxygen atoms in total. The molecule has 0 aliphatic carbocycles. The van der Waals surface area contributed by atoms with Crippen molar-refractivity contribution in [3.8, 4) is 0 Å². The molecule has 94 valence electrons. The minimum atomic E-state index is -1.24. The van der Waals surface area contributed by atoms with Crippen LogP contribution in [0.3, 0.4) is 0 Å². The van der Waals surface area contributed by atoms with Crippen LogP contribution in [-0.2, 0) is 4.74 Å². The summed E-state index contributed by atoms with van der Waals surface area (Å²) in [6.45, 7) is 5.21. The van der Waals surface area contributed by atoms with Gasteiger partial charge in [-0.1, -0.05) is 21.3 Å². The first-order valence-corrected chi connectivity index (χ1v) is 4.88. The van der Waals surface area contributed by atoms with E-state index in [4.69, 9.17) is 9.84 Å². The van der Waals surface area contributed by atoms with Crippen LogP contribution in [0.5, 0.6) is 0 Å². The fourth-order valence-corrected chi connectivity index (χ4v) is 1.29.